The van der Waals surface area contributed by atoms with Crippen molar-refractivity contribution >= 4 is 6.29 Å². The van der Waals surface area contributed by atoms with Crippen molar-refractivity contribution in [3.63, 3.8) is 0 Å². The quantitative estimate of drug-likeness (QED) is 0.551. The Balaban J connectivity index is 1.75. The number of aldehydes is 1. The van der Waals surface area contributed by atoms with Crippen LogP contribution >= 0.6 is 0 Å². The maximum atomic E-state index is 10.6. The van der Waals surface area contributed by atoms with E-state index in [0.717, 1.165) is 39.0 Å². The molecule has 1 saturated heterocycles. The Labute approximate surface area is 124 Å². The third-order valence-corrected chi connectivity index (χ3v) is 4.48. The average molecular weight is 278 g/mol. The van der Waals surface area contributed by atoms with Crippen LogP contribution in [-0.4, -0.2) is 55.4 Å². The molecule has 0 aromatic rings. The molecule has 3 heteroatoms. The van der Waals surface area contributed by atoms with Crippen LogP contribution in [0.15, 0.2) is 12.2 Å². The Morgan fingerprint density at radius 2 is 1.70 bits per heavy atom. The van der Waals surface area contributed by atoms with Crippen LogP contribution in [-0.2, 0) is 4.79 Å². The topological polar surface area (TPSA) is 23.6 Å². The number of rotatable bonds is 6. The van der Waals surface area contributed by atoms with E-state index in [4.69, 9.17) is 0 Å². The SMILES string of the molecule is C=C(C=O)CN1CCN(CC2(CC(C)(C)C)CC2)CC1. The van der Waals surface area contributed by atoms with Crippen LogP contribution in [0.5, 0.6) is 0 Å². The first-order valence-corrected chi connectivity index (χ1v) is 7.90. The Hall–Kier alpha value is -0.670. The van der Waals surface area contributed by atoms with Crippen LogP contribution in [0, 0.1) is 10.8 Å². The predicted octanol–water partition coefficient (Wildman–Crippen LogP) is 2.58. The van der Waals surface area contributed by atoms with E-state index < -0.39 is 0 Å². The van der Waals surface area contributed by atoms with Crippen molar-refractivity contribution in [2.45, 2.75) is 40.0 Å². The summed E-state index contributed by atoms with van der Waals surface area (Å²) in [5.74, 6) is 0. The lowest BCUT2D eigenvalue weighted by Gasteiger charge is -2.37. The molecule has 2 rings (SSSR count). The van der Waals surface area contributed by atoms with E-state index in [1.807, 2.05) is 0 Å². The molecule has 0 bridgehead atoms. The fraction of sp³-hybridized carbons (Fsp3) is 0.824. The third-order valence-electron chi connectivity index (χ3n) is 4.48. The van der Waals surface area contributed by atoms with E-state index in [9.17, 15) is 4.79 Å². The van der Waals surface area contributed by atoms with Gasteiger partial charge in [0.15, 0.2) is 0 Å². The molecule has 2 aliphatic rings. The molecule has 1 saturated carbocycles. The van der Waals surface area contributed by atoms with Gasteiger partial charge in [0.05, 0.1) is 0 Å². The molecule has 0 unspecified atom stereocenters. The van der Waals surface area contributed by atoms with Gasteiger partial charge in [-0.1, -0.05) is 27.4 Å². The second kappa shape index (κ2) is 5.98. The van der Waals surface area contributed by atoms with E-state index in [1.165, 1.54) is 25.8 Å². The molecule has 2 fully saturated rings. The Kier molecular flexibility index (Phi) is 4.70. The summed E-state index contributed by atoms with van der Waals surface area (Å²) in [5, 5.41) is 0. The van der Waals surface area contributed by atoms with Gasteiger partial charge in [-0.15, -0.1) is 0 Å². The summed E-state index contributed by atoms with van der Waals surface area (Å²) in [6.07, 6.45) is 5.05. The molecule has 0 aromatic heterocycles. The maximum absolute atomic E-state index is 10.6. The minimum atomic E-state index is 0.444. The van der Waals surface area contributed by atoms with Crippen molar-refractivity contribution in [1.82, 2.24) is 9.80 Å². The van der Waals surface area contributed by atoms with Crippen LogP contribution in [0.2, 0.25) is 0 Å². The molecule has 0 aromatic carbocycles. The van der Waals surface area contributed by atoms with Gasteiger partial charge < -0.3 is 4.90 Å². The predicted molar refractivity (Wildman–Crippen MR) is 83.8 cm³/mol. The highest BCUT2D eigenvalue weighted by molar-refractivity contribution is 5.72. The number of nitrogens with zero attached hydrogens (tertiary/aromatic N) is 2. The lowest BCUT2D eigenvalue weighted by Crippen LogP contribution is -2.48. The molecule has 1 aliphatic carbocycles. The normalized spacial score (nSPS) is 23.6. The molecule has 3 nitrogen and oxygen atoms in total. The lowest BCUT2D eigenvalue weighted by molar-refractivity contribution is -0.105. The van der Waals surface area contributed by atoms with Gasteiger partial charge in [0, 0.05) is 39.3 Å². The Morgan fingerprint density at radius 3 is 2.15 bits per heavy atom. The number of carbonyl (C=O) groups excluding carboxylic acids is 1. The first-order chi connectivity index (χ1) is 9.32. The molecule has 20 heavy (non-hydrogen) atoms. The van der Waals surface area contributed by atoms with Gasteiger partial charge in [-0.3, -0.25) is 9.69 Å². The van der Waals surface area contributed by atoms with E-state index in [1.54, 1.807) is 0 Å². The van der Waals surface area contributed by atoms with E-state index in [2.05, 4.69) is 37.1 Å². The molecule has 0 N–H and O–H groups in total. The standard InChI is InChI=1S/C17H30N2O/c1-15(12-20)11-18-7-9-19(10-8-18)14-17(5-6-17)13-16(2,3)4/h12H,1,5-11,13-14H2,2-4H3. The number of piperazine rings is 1. The van der Waals surface area contributed by atoms with Crippen molar-refractivity contribution in [3.05, 3.63) is 12.2 Å². The Bertz CT molecular complexity index is 358. The molecule has 0 radical (unpaired) electrons. The van der Waals surface area contributed by atoms with E-state index >= 15 is 0 Å². The third kappa shape index (κ3) is 4.71. The molecular weight excluding hydrogens is 248 g/mol. The maximum Gasteiger partial charge on any atom is 0.146 e. The molecule has 0 amide bonds. The summed E-state index contributed by atoms with van der Waals surface area (Å²) in [5.41, 5.74) is 1.75. The van der Waals surface area contributed by atoms with Crippen molar-refractivity contribution in [3.8, 4) is 0 Å². The molecule has 1 aliphatic heterocycles. The zero-order valence-electron chi connectivity index (χ0n) is 13.5. The van der Waals surface area contributed by atoms with Gasteiger partial charge in [-0.05, 0) is 35.7 Å². The molecule has 114 valence electrons. The largest absolute Gasteiger partial charge is 0.300 e. The average Bonchev–Trinajstić information content (AvgIpc) is 3.08. The fourth-order valence-corrected chi connectivity index (χ4v) is 3.60. The van der Waals surface area contributed by atoms with Crippen LogP contribution in [0.3, 0.4) is 0 Å². The number of carbonyl (C=O) groups is 1. The number of hydrogen-bond donors (Lipinski definition) is 0. The minimum Gasteiger partial charge on any atom is -0.300 e. The monoisotopic (exact) mass is 278 g/mol. The van der Waals surface area contributed by atoms with E-state index in [-0.39, 0.29) is 0 Å². The molecule has 0 spiro atoms. The van der Waals surface area contributed by atoms with Crippen molar-refractivity contribution in [1.29, 1.82) is 0 Å². The van der Waals surface area contributed by atoms with Crippen LogP contribution < -0.4 is 0 Å². The summed E-state index contributed by atoms with van der Waals surface area (Å²) in [7, 11) is 0. The van der Waals surface area contributed by atoms with E-state index in [0.29, 0.717) is 16.4 Å². The van der Waals surface area contributed by atoms with Gasteiger partial charge in [0.2, 0.25) is 0 Å². The molecule has 0 atom stereocenters. The van der Waals surface area contributed by atoms with Crippen molar-refractivity contribution in [2.75, 3.05) is 39.3 Å². The zero-order valence-corrected chi connectivity index (χ0v) is 13.5. The zero-order chi connectivity index (χ0) is 14.8. The lowest BCUT2D eigenvalue weighted by atomic mass is 9.82. The second-order valence-corrected chi connectivity index (χ2v) is 8.07. The first-order valence-electron chi connectivity index (χ1n) is 7.90. The molecule has 1 heterocycles. The van der Waals surface area contributed by atoms with Crippen LogP contribution in [0.4, 0.5) is 0 Å². The summed E-state index contributed by atoms with van der Waals surface area (Å²) in [6, 6.07) is 0. The van der Waals surface area contributed by atoms with Gasteiger partial charge >= 0.3 is 0 Å². The first kappa shape index (κ1) is 15.7. The highest BCUT2D eigenvalue weighted by Gasteiger charge is 2.46. The summed E-state index contributed by atoms with van der Waals surface area (Å²) < 4.78 is 0. The van der Waals surface area contributed by atoms with Crippen LogP contribution in [0.1, 0.15) is 40.0 Å². The second-order valence-electron chi connectivity index (χ2n) is 8.07. The number of hydrogen-bond acceptors (Lipinski definition) is 3. The van der Waals surface area contributed by atoms with Gasteiger partial charge in [-0.2, -0.15) is 0 Å². The van der Waals surface area contributed by atoms with Crippen molar-refractivity contribution < 1.29 is 4.79 Å². The fourth-order valence-electron chi connectivity index (χ4n) is 3.60. The van der Waals surface area contributed by atoms with Gasteiger partial charge in [-0.25, -0.2) is 0 Å². The summed E-state index contributed by atoms with van der Waals surface area (Å²) in [6.45, 7) is 17.3. The van der Waals surface area contributed by atoms with Gasteiger partial charge in [0.1, 0.15) is 6.29 Å². The summed E-state index contributed by atoms with van der Waals surface area (Å²) >= 11 is 0. The van der Waals surface area contributed by atoms with Crippen molar-refractivity contribution in [2.24, 2.45) is 10.8 Å². The Morgan fingerprint density at radius 1 is 1.15 bits per heavy atom. The summed E-state index contributed by atoms with van der Waals surface area (Å²) in [4.78, 5) is 15.6. The minimum absolute atomic E-state index is 0.444. The van der Waals surface area contributed by atoms with Crippen LogP contribution in [0.25, 0.3) is 0 Å². The highest BCUT2D eigenvalue weighted by Crippen LogP contribution is 2.53. The smallest absolute Gasteiger partial charge is 0.146 e. The van der Waals surface area contributed by atoms with Gasteiger partial charge in [0.25, 0.3) is 0 Å². The highest BCUT2D eigenvalue weighted by atomic mass is 16.1. The molecular formula is C17H30N2O.